The lowest BCUT2D eigenvalue weighted by molar-refractivity contribution is 0.414. The van der Waals surface area contributed by atoms with E-state index in [1.165, 1.54) is 5.69 Å². The first-order valence-electron chi connectivity index (χ1n) is 4.59. The number of nitrogens with one attached hydrogen (secondary N) is 1. The van der Waals surface area contributed by atoms with E-state index in [0.29, 0.717) is 0 Å². The highest BCUT2D eigenvalue weighted by atomic mass is 15.1. The fourth-order valence-corrected chi connectivity index (χ4v) is 1.77. The molecule has 1 heterocycles. The molecule has 0 unspecified atom stereocenters. The number of aromatic nitrogens is 2. The summed E-state index contributed by atoms with van der Waals surface area (Å²) in [7, 11) is 4.03. The smallest absolute Gasteiger partial charge is 0.105 e. The number of hydrogen-bond donors (Lipinski definition) is 1. The summed E-state index contributed by atoms with van der Waals surface area (Å²) in [4.78, 5) is 4.45. The average Bonchev–Trinajstić information content (AvgIpc) is 2.27. The highest BCUT2D eigenvalue weighted by Gasteiger charge is 2.24. The molecule has 0 aromatic carbocycles. The van der Waals surface area contributed by atoms with Gasteiger partial charge in [-0.2, -0.15) is 0 Å². The third-order valence-electron chi connectivity index (χ3n) is 2.71. The zero-order valence-corrected chi connectivity index (χ0v) is 9.39. The van der Waals surface area contributed by atoms with Gasteiger partial charge in [-0.25, -0.2) is 4.98 Å². The van der Waals surface area contributed by atoms with Crippen LogP contribution < -0.4 is 5.32 Å². The van der Waals surface area contributed by atoms with Gasteiger partial charge in [-0.1, -0.05) is 0 Å². The lowest BCUT2D eigenvalue weighted by Gasteiger charge is -2.25. The fourth-order valence-electron chi connectivity index (χ4n) is 1.77. The lowest BCUT2D eigenvalue weighted by atomic mass is 9.99. The van der Waals surface area contributed by atoms with Gasteiger partial charge >= 0.3 is 0 Å². The summed E-state index contributed by atoms with van der Waals surface area (Å²) in [5.41, 5.74) is 2.35. The fraction of sp³-hybridized carbons (Fsp3) is 0.700. The van der Waals surface area contributed by atoms with Gasteiger partial charge in [0.1, 0.15) is 5.82 Å². The van der Waals surface area contributed by atoms with E-state index in [9.17, 15) is 0 Å². The molecule has 0 aliphatic rings. The second kappa shape index (κ2) is 3.14. The summed E-state index contributed by atoms with van der Waals surface area (Å²) in [6.45, 7) is 8.41. The number of aryl methyl sites for hydroxylation is 2. The Morgan fingerprint density at radius 2 is 1.85 bits per heavy atom. The maximum Gasteiger partial charge on any atom is 0.105 e. The molecule has 3 heteroatoms. The van der Waals surface area contributed by atoms with Crippen LogP contribution >= 0.6 is 0 Å². The Balaban J connectivity index is 3.28. The van der Waals surface area contributed by atoms with Crippen molar-refractivity contribution in [3.63, 3.8) is 0 Å². The summed E-state index contributed by atoms with van der Waals surface area (Å²) >= 11 is 0. The molecule has 0 aliphatic heterocycles. The topological polar surface area (TPSA) is 29.9 Å². The first-order chi connectivity index (χ1) is 5.90. The SMILES string of the molecule is CNC(C)(C)c1c(C)nc(C)n1C. The van der Waals surface area contributed by atoms with Gasteiger partial charge in [0.2, 0.25) is 0 Å². The summed E-state index contributed by atoms with van der Waals surface area (Å²) < 4.78 is 2.14. The molecule has 0 atom stereocenters. The second-order valence-electron chi connectivity index (χ2n) is 4.03. The van der Waals surface area contributed by atoms with E-state index in [1.807, 2.05) is 14.0 Å². The lowest BCUT2D eigenvalue weighted by Crippen LogP contribution is -2.35. The predicted octanol–water partition coefficient (Wildman–Crippen LogP) is 1.49. The molecule has 1 N–H and O–H groups in total. The molecule has 0 saturated carbocycles. The van der Waals surface area contributed by atoms with Crippen molar-refractivity contribution < 1.29 is 0 Å². The summed E-state index contributed by atoms with van der Waals surface area (Å²) in [5, 5.41) is 3.29. The molecule has 0 fully saturated rings. The number of nitrogens with zero attached hydrogens (tertiary/aromatic N) is 2. The zero-order valence-electron chi connectivity index (χ0n) is 9.39. The van der Waals surface area contributed by atoms with Gasteiger partial charge in [-0.05, 0) is 34.7 Å². The van der Waals surface area contributed by atoms with Crippen LogP contribution in [0, 0.1) is 13.8 Å². The Bertz CT molecular complexity index is 310. The predicted molar refractivity (Wildman–Crippen MR) is 54.8 cm³/mol. The van der Waals surface area contributed by atoms with Gasteiger partial charge in [0.25, 0.3) is 0 Å². The Labute approximate surface area is 80.2 Å². The maximum absolute atomic E-state index is 4.45. The van der Waals surface area contributed by atoms with E-state index in [2.05, 4.69) is 42.7 Å². The molecule has 1 aromatic heterocycles. The van der Waals surface area contributed by atoms with Crippen LogP contribution in [0.15, 0.2) is 0 Å². The maximum atomic E-state index is 4.45. The first-order valence-corrected chi connectivity index (χ1v) is 4.59. The summed E-state index contributed by atoms with van der Waals surface area (Å²) in [5.74, 6) is 1.07. The van der Waals surface area contributed by atoms with Crippen LogP contribution in [0.3, 0.4) is 0 Å². The molecule has 1 aromatic rings. The molecular formula is C10H19N3. The minimum absolute atomic E-state index is 0.0138. The van der Waals surface area contributed by atoms with Crippen molar-refractivity contribution in [2.75, 3.05) is 7.05 Å². The Morgan fingerprint density at radius 3 is 2.15 bits per heavy atom. The van der Waals surface area contributed by atoms with E-state index in [4.69, 9.17) is 0 Å². The van der Waals surface area contributed by atoms with E-state index in [1.54, 1.807) is 0 Å². The number of imidazole rings is 1. The molecule has 0 amide bonds. The molecular weight excluding hydrogens is 162 g/mol. The van der Waals surface area contributed by atoms with Crippen LogP contribution in [0.1, 0.15) is 31.1 Å². The van der Waals surface area contributed by atoms with Crippen molar-refractivity contribution in [1.82, 2.24) is 14.9 Å². The van der Waals surface area contributed by atoms with Crippen LogP contribution in [-0.4, -0.2) is 16.6 Å². The van der Waals surface area contributed by atoms with Crippen molar-refractivity contribution in [3.8, 4) is 0 Å². The van der Waals surface area contributed by atoms with Crippen LogP contribution in [0.25, 0.3) is 0 Å². The standard InChI is InChI=1S/C10H19N3/c1-7-9(10(3,4)11-5)13(6)8(2)12-7/h11H,1-6H3. The van der Waals surface area contributed by atoms with E-state index < -0.39 is 0 Å². The van der Waals surface area contributed by atoms with E-state index in [-0.39, 0.29) is 5.54 Å². The van der Waals surface area contributed by atoms with Gasteiger partial charge in [-0.15, -0.1) is 0 Å². The quantitative estimate of drug-likeness (QED) is 0.749. The zero-order chi connectivity index (χ0) is 10.2. The van der Waals surface area contributed by atoms with E-state index >= 15 is 0 Å². The third-order valence-corrected chi connectivity index (χ3v) is 2.71. The van der Waals surface area contributed by atoms with Gasteiger partial charge in [0.05, 0.1) is 16.9 Å². The van der Waals surface area contributed by atoms with Crippen LogP contribution in [-0.2, 0) is 12.6 Å². The van der Waals surface area contributed by atoms with Crippen molar-refractivity contribution in [2.45, 2.75) is 33.2 Å². The second-order valence-corrected chi connectivity index (χ2v) is 4.03. The summed E-state index contributed by atoms with van der Waals surface area (Å²) in [6, 6.07) is 0. The molecule has 0 bridgehead atoms. The number of rotatable bonds is 2. The molecule has 3 nitrogen and oxygen atoms in total. The van der Waals surface area contributed by atoms with Crippen molar-refractivity contribution in [3.05, 3.63) is 17.2 Å². The van der Waals surface area contributed by atoms with Crippen LogP contribution in [0.4, 0.5) is 0 Å². The molecule has 13 heavy (non-hydrogen) atoms. The molecule has 1 rings (SSSR count). The van der Waals surface area contributed by atoms with Crippen LogP contribution in [0.2, 0.25) is 0 Å². The van der Waals surface area contributed by atoms with Gasteiger partial charge < -0.3 is 9.88 Å². The number of hydrogen-bond acceptors (Lipinski definition) is 2. The normalized spacial score (nSPS) is 12.2. The molecule has 74 valence electrons. The Kier molecular flexibility index (Phi) is 2.48. The first kappa shape index (κ1) is 10.3. The van der Waals surface area contributed by atoms with E-state index in [0.717, 1.165) is 11.5 Å². The van der Waals surface area contributed by atoms with Gasteiger partial charge in [0.15, 0.2) is 0 Å². The van der Waals surface area contributed by atoms with Crippen molar-refractivity contribution in [1.29, 1.82) is 0 Å². The minimum Gasteiger partial charge on any atom is -0.333 e. The average molecular weight is 181 g/mol. The monoisotopic (exact) mass is 181 g/mol. The largest absolute Gasteiger partial charge is 0.333 e. The third kappa shape index (κ3) is 1.61. The van der Waals surface area contributed by atoms with Crippen molar-refractivity contribution in [2.24, 2.45) is 7.05 Å². The van der Waals surface area contributed by atoms with Crippen molar-refractivity contribution >= 4 is 0 Å². The minimum atomic E-state index is -0.0138. The molecule has 0 saturated heterocycles. The Hall–Kier alpha value is -0.830. The highest BCUT2D eigenvalue weighted by Crippen LogP contribution is 2.23. The summed E-state index contributed by atoms with van der Waals surface area (Å²) in [6.07, 6.45) is 0. The van der Waals surface area contributed by atoms with Gasteiger partial charge in [-0.3, -0.25) is 0 Å². The van der Waals surface area contributed by atoms with Gasteiger partial charge in [0, 0.05) is 7.05 Å². The molecule has 0 radical (unpaired) electrons. The Morgan fingerprint density at radius 1 is 1.31 bits per heavy atom. The molecule has 0 spiro atoms. The highest BCUT2D eigenvalue weighted by molar-refractivity contribution is 5.22. The van der Waals surface area contributed by atoms with Crippen LogP contribution in [0.5, 0.6) is 0 Å². The molecule has 0 aliphatic carbocycles.